The third-order valence-corrected chi connectivity index (χ3v) is 3.59. The maximum Gasteiger partial charge on any atom is 0.387 e. The summed E-state index contributed by atoms with van der Waals surface area (Å²) < 4.78 is 35.0. The molecule has 0 unspecified atom stereocenters. The van der Waals surface area contributed by atoms with Gasteiger partial charge in [0.05, 0.1) is 18.5 Å². The van der Waals surface area contributed by atoms with Crippen LogP contribution >= 0.6 is 0 Å². The molecule has 0 bridgehead atoms. The van der Waals surface area contributed by atoms with Gasteiger partial charge in [-0.1, -0.05) is 12.1 Å². The van der Waals surface area contributed by atoms with Gasteiger partial charge in [0, 0.05) is 24.4 Å². The molecule has 1 aromatic carbocycles. The molecular formula is C19H15F2N5O2. The highest BCUT2D eigenvalue weighted by Crippen LogP contribution is 2.30. The molecule has 2 aromatic heterocycles. The number of benzene rings is 1. The van der Waals surface area contributed by atoms with Crippen molar-refractivity contribution in [2.45, 2.75) is 20.0 Å². The van der Waals surface area contributed by atoms with Crippen LogP contribution in [-0.4, -0.2) is 33.2 Å². The Kier molecular flexibility index (Phi) is 6.01. The normalized spacial score (nSPS) is 10.5. The van der Waals surface area contributed by atoms with Gasteiger partial charge in [-0.2, -0.15) is 14.0 Å². The predicted molar refractivity (Wildman–Crippen MR) is 94.8 cm³/mol. The van der Waals surface area contributed by atoms with Gasteiger partial charge in [-0.05, 0) is 24.6 Å². The van der Waals surface area contributed by atoms with E-state index < -0.39 is 6.61 Å². The monoisotopic (exact) mass is 383 g/mol. The molecule has 2 heterocycles. The van der Waals surface area contributed by atoms with Crippen molar-refractivity contribution in [2.75, 3.05) is 6.61 Å². The SMILES string of the molecule is CCOc1ncc(Cc2cnc(C#N)nc2)nc1-c1cccc(OC(F)F)c1. The van der Waals surface area contributed by atoms with Crippen molar-refractivity contribution < 1.29 is 18.3 Å². The highest BCUT2D eigenvalue weighted by molar-refractivity contribution is 5.66. The summed E-state index contributed by atoms with van der Waals surface area (Å²) in [7, 11) is 0. The van der Waals surface area contributed by atoms with Crippen LogP contribution in [0.5, 0.6) is 11.6 Å². The van der Waals surface area contributed by atoms with Crippen molar-refractivity contribution in [3.05, 3.63) is 59.9 Å². The van der Waals surface area contributed by atoms with Gasteiger partial charge in [-0.15, -0.1) is 0 Å². The van der Waals surface area contributed by atoms with E-state index in [0.29, 0.717) is 30.0 Å². The highest BCUT2D eigenvalue weighted by Gasteiger charge is 2.14. The van der Waals surface area contributed by atoms with Crippen molar-refractivity contribution in [2.24, 2.45) is 0 Å². The van der Waals surface area contributed by atoms with E-state index in [1.54, 1.807) is 30.7 Å². The van der Waals surface area contributed by atoms with Gasteiger partial charge in [-0.25, -0.2) is 19.9 Å². The summed E-state index contributed by atoms with van der Waals surface area (Å²) in [4.78, 5) is 16.7. The molecule has 0 aliphatic heterocycles. The zero-order chi connectivity index (χ0) is 19.9. The van der Waals surface area contributed by atoms with Crippen molar-refractivity contribution in [3.8, 4) is 29.0 Å². The van der Waals surface area contributed by atoms with Crippen LogP contribution in [-0.2, 0) is 6.42 Å². The van der Waals surface area contributed by atoms with Crippen molar-refractivity contribution >= 4 is 0 Å². The smallest absolute Gasteiger partial charge is 0.387 e. The van der Waals surface area contributed by atoms with Crippen molar-refractivity contribution in [3.63, 3.8) is 0 Å². The summed E-state index contributed by atoms with van der Waals surface area (Å²) in [5, 5.41) is 8.77. The third-order valence-electron chi connectivity index (χ3n) is 3.59. The maximum absolute atomic E-state index is 12.5. The maximum atomic E-state index is 12.5. The van der Waals surface area contributed by atoms with Gasteiger partial charge in [-0.3, -0.25) is 0 Å². The minimum Gasteiger partial charge on any atom is -0.476 e. The quantitative estimate of drug-likeness (QED) is 0.617. The van der Waals surface area contributed by atoms with E-state index in [0.717, 1.165) is 5.56 Å². The molecule has 0 N–H and O–H groups in total. The third kappa shape index (κ3) is 4.73. The zero-order valence-electron chi connectivity index (χ0n) is 14.8. The van der Waals surface area contributed by atoms with Gasteiger partial charge in [0.25, 0.3) is 0 Å². The number of ether oxygens (including phenoxy) is 2. The van der Waals surface area contributed by atoms with Crippen LogP contribution in [0.1, 0.15) is 24.0 Å². The van der Waals surface area contributed by atoms with Crippen LogP contribution in [0.15, 0.2) is 42.9 Å². The second-order valence-corrected chi connectivity index (χ2v) is 5.56. The van der Waals surface area contributed by atoms with E-state index >= 15 is 0 Å². The average Bonchev–Trinajstić information content (AvgIpc) is 2.69. The summed E-state index contributed by atoms with van der Waals surface area (Å²) >= 11 is 0. The second-order valence-electron chi connectivity index (χ2n) is 5.56. The Bertz CT molecular complexity index is 990. The number of hydrogen-bond donors (Lipinski definition) is 0. The lowest BCUT2D eigenvalue weighted by atomic mass is 10.1. The first-order valence-electron chi connectivity index (χ1n) is 8.34. The molecule has 142 valence electrons. The first-order valence-corrected chi connectivity index (χ1v) is 8.34. The van der Waals surface area contributed by atoms with Crippen LogP contribution in [0.25, 0.3) is 11.3 Å². The van der Waals surface area contributed by atoms with Crippen molar-refractivity contribution in [1.29, 1.82) is 5.26 Å². The van der Waals surface area contributed by atoms with Gasteiger partial charge >= 0.3 is 6.61 Å². The molecule has 0 amide bonds. The lowest BCUT2D eigenvalue weighted by Crippen LogP contribution is -2.04. The summed E-state index contributed by atoms with van der Waals surface area (Å²) in [6.45, 7) is -0.739. The Labute approximate surface area is 159 Å². The number of aromatic nitrogens is 4. The fourth-order valence-electron chi connectivity index (χ4n) is 2.46. The van der Waals surface area contributed by atoms with E-state index in [1.807, 2.05) is 13.0 Å². The average molecular weight is 383 g/mol. The number of hydrogen-bond acceptors (Lipinski definition) is 7. The van der Waals surface area contributed by atoms with E-state index in [4.69, 9.17) is 10.00 Å². The van der Waals surface area contributed by atoms with Crippen molar-refractivity contribution in [1.82, 2.24) is 19.9 Å². The van der Waals surface area contributed by atoms with E-state index in [9.17, 15) is 8.78 Å². The summed E-state index contributed by atoms with van der Waals surface area (Å²) in [6, 6.07) is 8.04. The molecule has 9 heteroatoms. The first-order chi connectivity index (χ1) is 13.6. The standard InChI is InChI=1S/C19H15F2N5O2/c1-2-27-18-17(13-4-3-5-15(7-13)28-19(20)21)26-14(11-25-18)6-12-9-23-16(8-22)24-10-12/h3-5,7,9-11,19H,2,6H2,1H3. The zero-order valence-corrected chi connectivity index (χ0v) is 14.8. The van der Waals surface area contributed by atoms with Crippen LogP contribution in [0.3, 0.4) is 0 Å². The number of nitrogens with zero attached hydrogens (tertiary/aromatic N) is 5. The van der Waals surface area contributed by atoms with Crippen LogP contribution in [0.4, 0.5) is 8.78 Å². The number of rotatable bonds is 7. The Morgan fingerprint density at radius 2 is 1.93 bits per heavy atom. The molecule has 28 heavy (non-hydrogen) atoms. The summed E-state index contributed by atoms with van der Waals surface area (Å²) in [5.41, 5.74) is 2.30. The number of halogens is 2. The predicted octanol–water partition coefficient (Wildman–Crippen LogP) is 3.40. The van der Waals surface area contributed by atoms with E-state index in [2.05, 4.69) is 24.7 Å². The topological polar surface area (TPSA) is 93.8 Å². The largest absolute Gasteiger partial charge is 0.476 e. The van der Waals surface area contributed by atoms with Crippen LogP contribution in [0.2, 0.25) is 0 Å². The molecule has 3 rings (SSSR count). The lowest BCUT2D eigenvalue weighted by Gasteiger charge is -2.12. The van der Waals surface area contributed by atoms with Crippen LogP contribution in [0, 0.1) is 11.3 Å². The minimum absolute atomic E-state index is 0.0163. The van der Waals surface area contributed by atoms with Gasteiger partial charge in [0.2, 0.25) is 11.7 Å². The number of alkyl halides is 2. The fraction of sp³-hybridized carbons (Fsp3) is 0.211. The molecule has 0 saturated carbocycles. The molecule has 0 radical (unpaired) electrons. The molecule has 0 atom stereocenters. The van der Waals surface area contributed by atoms with Gasteiger partial charge < -0.3 is 9.47 Å². The Morgan fingerprint density at radius 1 is 1.14 bits per heavy atom. The molecule has 0 saturated heterocycles. The fourth-order valence-corrected chi connectivity index (χ4v) is 2.46. The lowest BCUT2D eigenvalue weighted by molar-refractivity contribution is -0.0498. The Balaban J connectivity index is 1.94. The molecular weight excluding hydrogens is 368 g/mol. The Morgan fingerprint density at radius 3 is 2.61 bits per heavy atom. The molecule has 0 fully saturated rings. The van der Waals surface area contributed by atoms with Gasteiger partial charge in [0.1, 0.15) is 17.5 Å². The second kappa shape index (κ2) is 8.81. The van der Waals surface area contributed by atoms with Gasteiger partial charge in [0.15, 0.2) is 0 Å². The molecule has 0 aliphatic carbocycles. The summed E-state index contributed by atoms with van der Waals surface area (Å²) in [6.07, 6.45) is 5.03. The van der Waals surface area contributed by atoms with E-state index in [-0.39, 0.29) is 17.5 Å². The summed E-state index contributed by atoms with van der Waals surface area (Å²) in [5.74, 6) is 0.386. The number of nitriles is 1. The first kappa shape index (κ1) is 19.1. The molecule has 7 nitrogen and oxygen atoms in total. The van der Waals surface area contributed by atoms with E-state index in [1.165, 1.54) is 12.1 Å². The molecule has 0 spiro atoms. The Hall–Kier alpha value is -3.67. The molecule has 0 aliphatic rings. The minimum atomic E-state index is -2.92. The molecule has 3 aromatic rings. The van der Waals surface area contributed by atoms with Crippen LogP contribution < -0.4 is 9.47 Å². The highest BCUT2D eigenvalue weighted by atomic mass is 19.3.